The molecule has 17 heteroatoms. The zero-order chi connectivity index (χ0) is 48.5. The van der Waals surface area contributed by atoms with Gasteiger partial charge in [0.25, 0.3) is 5.91 Å². The van der Waals surface area contributed by atoms with Gasteiger partial charge in [0, 0.05) is 42.9 Å². The van der Waals surface area contributed by atoms with Crippen LogP contribution in [0.5, 0.6) is 5.75 Å². The number of aromatic nitrogens is 3. The summed E-state index contributed by atoms with van der Waals surface area (Å²) >= 11 is 7.69. The summed E-state index contributed by atoms with van der Waals surface area (Å²) < 4.78 is 12.8. The van der Waals surface area contributed by atoms with E-state index in [2.05, 4.69) is 56.3 Å². The summed E-state index contributed by atoms with van der Waals surface area (Å²) in [6.07, 6.45) is 8.18. The zero-order valence-corrected chi connectivity index (χ0v) is 39.5. The molecule has 1 saturated heterocycles. The van der Waals surface area contributed by atoms with Crippen molar-refractivity contribution in [2.75, 3.05) is 32.9 Å². The van der Waals surface area contributed by atoms with Gasteiger partial charge in [-0.1, -0.05) is 75.2 Å². The summed E-state index contributed by atoms with van der Waals surface area (Å²) in [5, 5.41) is 33.0. The maximum Gasteiger partial charge on any atom is 0.251 e. The van der Waals surface area contributed by atoms with Gasteiger partial charge < -0.3 is 35.4 Å². The van der Waals surface area contributed by atoms with Crippen molar-refractivity contribution < 1.29 is 33.8 Å². The largest absolute Gasteiger partial charge is 0.481 e. The Morgan fingerprint density at radius 3 is 2.51 bits per heavy atom. The van der Waals surface area contributed by atoms with E-state index in [-0.39, 0.29) is 51.3 Å². The van der Waals surface area contributed by atoms with Gasteiger partial charge in [0.05, 0.1) is 45.0 Å². The van der Waals surface area contributed by atoms with Crippen LogP contribution >= 0.6 is 22.9 Å². The normalized spacial score (nSPS) is 15.6. The molecule has 348 valence electrons. The van der Waals surface area contributed by atoms with Crippen LogP contribution in [0, 0.1) is 47.4 Å². The van der Waals surface area contributed by atoms with Crippen molar-refractivity contribution in [3.63, 3.8) is 0 Å². The number of nitrogens with zero attached hydrogens (tertiary/aromatic N) is 5. The number of nitriles is 1. The van der Waals surface area contributed by atoms with Gasteiger partial charge in [-0.2, -0.15) is 10.4 Å². The Labute approximate surface area is 399 Å². The molecule has 1 fully saturated rings. The number of β-amino-alcohol motifs (C(OH)–C–C–N with tert-alkyl or cyclic N) is 1. The van der Waals surface area contributed by atoms with Crippen molar-refractivity contribution in [1.82, 2.24) is 35.6 Å². The first-order chi connectivity index (χ1) is 32.1. The van der Waals surface area contributed by atoms with Crippen LogP contribution in [0.2, 0.25) is 5.02 Å². The fourth-order valence-electron chi connectivity index (χ4n) is 6.85. The Balaban J connectivity index is 1.00. The van der Waals surface area contributed by atoms with Crippen molar-refractivity contribution >= 4 is 52.1 Å². The molecule has 4 atom stereocenters. The standard InChI is InChI=1S/C50H53ClN8O7S/c1-7-35(45-34(3)54-32-67-45)14-10-11-22-53-48(63)43-27-39(60)30-59(43)49(64)46(50(4,5)6)56-44(61)31-65-24-12-8-9-13-25-66-40-19-17-36(18-20-40)47(62)55-33(2)29-58-23-21-42(57-58)37-15-16-38(28-52)41(51)26-37/h7,10-11,14-21,23,26,32-33,39,43,46,60H,1,22,24-25,27,29-31H2,2-6H3,(H,53,63)(H,55,62)(H,56,61)/b11-10+,35-14+/t33?,39-,43+,46-/m1/s1. The van der Waals surface area contributed by atoms with Crippen LogP contribution in [0.4, 0.5) is 0 Å². The maximum absolute atomic E-state index is 13.9. The number of benzene rings is 2. The molecule has 4 N–H and O–H groups in total. The van der Waals surface area contributed by atoms with E-state index < -0.39 is 41.3 Å². The molecule has 67 heavy (non-hydrogen) atoms. The predicted octanol–water partition coefficient (Wildman–Crippen LogP) is 5.50. The number of hydrogen-bond acceptors (Lipinski definition) is 11. The minimum Gasteiger partial charge on any atom is -0.481 e. The lowest BCUT2D eigenvalue weighted by Crippen LogP contribution is -2.58. The molecule has 1 unspecified atom stereocenters. The second-order valence-corrected chi connectivity index (χ2v) is 17.8. The summed E-state index contributed by atoms with van der Waals surface area (Å²) in [5.74, 6) is 9.61. The van der Waals surface area contributed by atoms with Crippen LogP contribution in [0.25, 0.3) is 16.8 Å². The zero-order valence-electron chi connectivity index (χ0n) is 38.0. The fraction of sp³-hybridized carbons (Fsp3) is 0.340. The molecule has 5 rings (SSSR count). The molecule has 0 aliphatic carbocycles. The average molecular weight is 946 g/mol. The van der Waals surface area contributed by atoms with Crippen LogP contribution < -0.4 is 20.7 Å². The number of nitrogens with one attached hydrogen (secondary N) is 3. The number of allylic oxidation sites excluding steroid dienone is 4. The summed E-state index contributed by atoms with van der Waals surface area (Å²) in [6, 6.07) is 13.5. The minimum absolute atomic E-state index is 0.0413. The van der Waals surface area contributed by atoms with Gasteiger partial charge in [-0.25, -0.2) is 4.98 Å². The van der Waals surface area contributed by atoms with Crippen LogP contribution in [-0.4, -0.2) is 106 Å². The van der Waals surface area contributed by atoms with Gasteiger partial charge in [0.1, 0.15) is 43.7 Å². The van der Waals surface area contributed by atoms with Crippen LogP contribution in [0.1, 0.15) is 60.6 Å². The second kappa shape index (κ2) is 24.5. The summed E-state index contributed by atoms with van der Waals surface area (Å²) in [4.78, 5) is 59.5. The molecule has 3 heterocycles. The molecule has 15 nitrogen and oxygen atoms in total. The van der Waals surface area contributed by atoms with E-state index in [0.717, 1.165) is 21.7 Å². The van der Waals surface area contributed by atoms with E-state index in [0.29, 0.717) is 34.1 Å². The number of hydrogen-bond donors (Lipinski definition) is 4. The maximum atomic E-state index is 13.9. The summed E-state index contributed by atoms with van der Waals surface area (Å²) in [7, 11) is 0. The molecule has 4 aromatic rings. The van der Waals surface area contributed by atoms with Crippen molar-refractivity contribution in [2.24, 2.45) is 5.41 Å². The third-order valence-corrected chi connectivity index (χ3v) is 11.5. The summed E-state index contributed by atoms with van der Waals surface area (Å²) in [5.41, 5.74) is 5.17. The SMILES string of the molecule is C=C/C(=C\C=C\CNC(=O)[C@@H]1C[C@@H](O)CN1C(=O)[C@@H](NC(=O)COCC#CC#CCOc1ccc(C(=O)NC(C)Cn2ccc(-c3ccc(C#N)c(Cl)c3)n2)cc1)C(C)(C)C)c1scnc1C. The van der Waals surface area contributed by atoms with Crippen molar-refractivity contribution in [2.45, 2.75) is 71.8 Å². The minimum atomic E-state index is -1.01. The highest BCUT2D eigenvalue weighted by atomic mass is 35.5. The molecule has 0 saturated carbocycles. The lowest BCUT2D eigenvalue weighted by Gasteiger charge is -2.35. The van der Waals surface area contributed by atoms with Gasteiger partial charge in [-0.15, -0.1) is 11.3 Å². The highest BCUT2D eigenvalue weighted by molar-refractivity contribution is 7.11. The predicted molar refractivity (Wildman–Crippen MR) is 257 cm³/mol. The van der Waals surface area contributed by atoms with E-state index in [1.165, 1.54) is 16.2 Å². The number of thiazole rings is 1. The Morgan fingerprint density at radius 2 is 1.84 bits per heavy atom. The quantitative estimate of drug-likeness (QED) is 0.0562. The topological polar surface area (TPSA) is 201 Å². The number of rotatable bonds is 18. The van der Waals surface area contributed by atoms with E-state index in [1.54, 1.807) is 91.7 Å². The molecule has 0 bridgehead atoms. The van der Waals surface area contributed by atoms with Gasteiger partial charge >= 0.3 is 0 Å². The van der Waals surface area contributed by atoms with Crippen molar-refractivity contribution in [1.29, 1.82) is 5.26 Å². The molecule has 0 spiro atoms. The number of amides is 4. The molecule has 1 aliphatic heterocycles. The van der Waals surface area contributed by atoms with Crippen molar-refractivity contribution in [3.8, 4) is 46.8 Å². The van der Waals surface area contributed by atoms with Gasteiger partial charge in [-0.05, 0) is 85.1 Å². The smallest absolute Gasteiger partial charge is 0.251 e. The number of aliphatic hydroxyl groups excluding tert-OH is 1. The number of likely N-dealkylation sites (tertiary alicyclic amines) is 1. The number of aryl methyl sites for hydroxylation is 1. The molecule has 2 aromatic heterocycles. The van der Waals surface area contributed by atoms with Crippen LogP contribution in [-0.2, 0) is 25.7 Å². The highest BCUT2D eigenvalue weighted by Gasteiger charge is 2.44. The first-order valence-electron chi connectivity index (χ1n) is 21.3. The molecule has 2 aromatic carbocycles. The Kier molecular flexibility index (Phi) is 18.6. The first kappa shape index (κ1) is 51.0. The van der Waals surface area contributed by atoms with Gasteiger partial charge in [0.2, 0.25) is 17.7 Å². The van der Waals surface area contributed by atoms with Crippen LogP contribution in [0.15, 0.2) is 91.1 Å². The molecule has 1 aliphatic rings. The fourth-order valence-corrected chi connectivity index (χ4v) is 7.90. The number of carbonyl (C=O) groups excluding carboxylic acids is 4. The number of aliphatic hydroxyl groups is 1. The summed E-state index contributed by atoms with van der Waals surface area (Å²) in [6.45, 7) is 13.2. The Hall–Kier alpha value is -7.00. The molecular formula is C50H53ClN8O7S. The number of carbonyl (C=O) groups is 4. The van der Waals surface area contributed by atoms with Gasteiger partial charge in [0.15, 0.2) is 0 Å². The monoisotopic (exact) mass is 944 g/mol. The lowest BCUT2D eigenvalue weighted by atomic mass is 9.85. The van der Waals surface area contributed by atoms with Crippen LogP contribution in [0.3, 0.4) is 0 Å². The van der Waals surface area contributed by atoms with E-state index in [9.17, 15) is 24.3 Å². The highest BCUT2D eigenvalue weighted by Crippen LogP contribution is 2.27. The number of halogens is 1. The Bertz CT molecular complexity index is 2650. The Morgan fingerprint density at radius 1 is 1.09 bits per heavy atom. The third-order valence-electron chi connectivity index (χ3n) is 10.3. The molecule has 0 radical (unpaired) electrons. The average Bonchev–Trinajstić information content (AvgIpc) is 4.05. The molecular weight excluding hydrogens is 892 g/mol. The lowest BCUT2D eigenvalue weighted by molar-refractivity contribution is -0.144. The van der Waals surface area contributed by atoms with Gasteiger partial charge in [-0.3, -0.25) is 23.9 Å². The number of ether oxygens (including phenoxy) is 2. The molecule has 4 amide bonds. The third kappa shape index (κ3) is 15.0. The van der Waals surface area contributed by atoms with Crippen molar-refractivity contribution in [3.05, 3.63) is 118 Å². The van der Waals surface area contributed by atoms with E-state index in [4.69, 9.17) is 26.3 Å². The second-order valence-electron chi connectivity index (χ2n) is 16.5. The first-order valence-corrected chi connectivity index (χ1v) is 22.6. The van der Waals surface area contributed by atoms with E-state index >= 15 is 0 Å². The van der Waals surface area contributed by atoms with E-state index in [1.807, 2.05) is 38.3 Å².